The molecule has 1 rings (SSSR count). The van der Waals surface area contributed by atoms with Crippen molar-refractivity contribution in [3.05, 3.63) is 29.1 Å². The van der Waals surface area contributed by atoms with Crippen LogP contribution < -0.4 is 0 Å². The Morgan fingerprint density at radius 1 is 1.46 bits per heavy atom. The second-order valence-corrected chi connectivity index (χ2v) is 2.46. The van der Waals surface area contributed by atoms with Gasteiger partial charge in [0.25, 0.3) is 0 Å². The highest BCUT2D eigenvalue weighted by Gasteiger charge is 1.97. The first-order valence-electron chi connectivity index (χ1n) is 4.63. The molecule has 0 amide bonds. The van der Waals surface area contributed by atoms with Gasteiger partial charge >= 0.3 is 0 Å². The summed E-state index contributed by atoms with van der Waals surface area (Å²) < 4.78 is 0. The lowest BCUT2D eigenvalue weighted by Gasteiger charge is -2.00. The molecular weight excluding hydrogens is 160 g/mol. The predicted octanol–water partition coefficient (Wildman–Crippen LogP) is 2.85. The van der Waals surface area contributed by atoms with Crippen molar-refractivity contribution in [3.8, 4) is 6.07 Å². The van der Waals surface area contributed by atoms with Crippen LogP contribution in [0, 0.1) is 18.3 Å². The summed E-state index contributed by atoms with van der Waals surface area (Å²) in [5, 5.41) is 8.54. The van der Waals surface area contributed by atoms with Gasteiger partial charge in [0.2, 0.25) is 0 Å². The van der Waals surface area contributed by atoms with Gasteiger partial charge in [-0.1, -0.05) is 20.8 Å². The Labute approximate surface area is 80.2 Å². The third kappa shape index (κ3) is 3.25. The zero-order valence-corrected chi connectivity index (χ0v) is 8.76. The normalized spacial score (nSPS) is 8.23. The highest BCUT2D eigenvalue weighted by atomic mass is 14.7. The zero-order valence-electron chi connectivity index (χ0n) is 8.76. The van der Waals surface area contributed by atoms with Crippen LogP contribution in [0.3, 0.4) is 0 Å². The van der Waals surface area contributed by atoms with E-state index < -0.39 is 0 Å². The van der Waals surface area contributed by atoms with Crippen LogP contribution in [0.2, 0.25) is 0 Å². The van der Waals surface area contributed by atoms with Crippen LogP contribution in [-0.2, 0) is 6.42 Å². The smallest absolute Gasteiger partial charge is 0.140 e. The second kappa shape index (κ2) is 6.19. The molecule has 0 fully saturated rings. The molecule has 0 bridgehead atoms. The number of aryl methyl sites for hydroxylation is 2. The van der Waals surface area contributed by atoms with Crippen LogP contribution in [0.5, 0.6) is 0 Å². The van der Waals surface area contributed by atoms with Crippen LogP contribution in [0.25, 0.3) is 0 Å². The maximum Gasteiger partial charge on any atom is 0.140 e. The van der Waals surface area contributed by atoms with Crippen molar-refractivity contribution in [2.24, 2.45) is 0 Å². The molecule has 0 spiro atoms. The van der Waals surface area contributed by atoms with Crippen molar-refractivity contribution in [1.29, 1.82) is 5.26 Å². The average Bonchev–Trinajstić information content (AvgIpc) is 2.22. The van der Waals surface area contributed by atoms with Crippen molar-refractivity contribution < 1.29 is 0 Å². The number of nitriles is 1. The molecule has 0 radical (unpaired) electrons. The summed E-state index contributed by atoms with van der Waals surface area (Å²) in [6.07, 6.45) is 2.71. The molecule has 0 unspecified atom stereocenters. The van der Waals surface area contributed by atoms with Crippen molar-refractivity contribution >= 4 is 0 Å². The van der Waals surface area contributed by atoms with Crippen LogP contribution in [-0.4, -0.2) is 4.98 Å². The lowest BCUT2D eigenvalue weighted by atomic mass is 10.1. The maximum absolute atomic E-state index is 8.54. The summed E-state index contributed by atoms with van der Waals surface area (Å²) in [6, 6.07) is 3.86. The SMILES string of the molecule is CC.CCc1cc(C#N)ncc1C. The fraction of sp³-hybridized carbons (Fsp3) is 0.455. The van der Waals surface area contributed by atoms with Gasteiger partial charge in [0.05, 0.1) is 0 Å². The van der Waals surface area contributed by atoms with E-state index in [9.17, 15) is 0 Å². The maximum atomic E-state index is 8.54. The first-order valence-corrected chi connectivity index (χ1v) is 4.63. The summed E-state index contributed by atoms with van der Waals surface area (Å²) in [4.78, 5) is 3.94. The monoisotopic (exact) mass is 176 g/mol. The average molecular weight is 176 g/mol. The van der Waals surface area contributed by atoms with E-state index in [1.807, 2.05) is 32.9 Å². The Morgan fingerprint density at radius 2 is 2.08 bits per heavy atom. The highest BCUT2D eigenvalue weighted by molar-refractivity contribution is 5.30. The van der Waals surface area contributed by atoms with E-state index in [-0.39, 0.29) is 0 Å². The largest absolute Gasteiger partial charge is 0.245 e. The Kier molecular flexibility index (Phi) is 5.54. The Morgan fingerprint density at radius 3 is 2.54 bits per heavy atom. The molecule has 0 N–H and O–H groups in total. The first kappa shape index (κ1) is 11.6. The van der Waals surface area contributed by atoms with E-state index in [0.29, 0.717) is 5.69 Å². The minimum absolute atomic E-state index is 0.507. The lowest BCUT2D eigenvalue weighted by molar-refractivity contribution is 1.07. The van der Waals surface area contributed by atoms with Crippen molar-refractivity contribution in [3.63, 3.8) is 0 Å². The minimum Gasteiger partial charge on any atom is -0.245 e. The van der Waals surface area contributed by atoms with Crippen LogP contribution in [0.4, 0.5) is 0 Å². The van der Waals surface area contributed by atoms with Crippen LogP contribution >= 0.6 is 0 Å². The molecular formula is C11H16N2. The van der Waals surface area contributed by atoms with E-state index in [1.54, 1.807) is 6.20 Å². The van der Waals surface area contributed by atoms with Gasteiger partial charge in [-0.2, -0.15) is 5.26 Å². The molecule has 0 saturated carbocycles. The minimum atomic E-state index is 0.507. The predicted molar refractivity (Wildman–Crippen MR) is 54.4 cm³/mol. The van der Waals surface area contributed by atoms with Gasteiger partial charge in [0.15, 0.2) is 0 Å². The molecule has 2 heteroatoms. The topological polar surface area (TPSA) is 36.7 Å². The fourth-order valence-electron chi connectivity index (χ4n) is 1.01. The quantitative estimate of drug-likeness (QED) is 0.659. The molecule has 0 aromatic carbocycles. The third-order valence-electron chi connectivity index (χ3n) is 1.71. The van der Waals surface area contributed by atoms with E-state index >= 15 is 0 Å². The third-order valence-corrected chi connectivity index (χ3v) is 1.71. The van der Waals surface area contributed by atoms with Crippen molar-refractivity contribution in [1.82, 2.24) is 4.98 Å². The summed E-state index contributed by atoms with van der Waals surface area (Å²) in [5.41, 5.74) is 2.87. The Bertz CT molecular complexity index is 297. The van der Waals surface area contributed by atoms with Gasteiger partial charge in [0.1, 0.15) is 11.8 Å². The first-order chi connectivity index (χ1) is 6.27. The number of rotatable bonds is 1. The van der Waals surface area contributed by atoms with Crippen LogP contribution in [0.15, 0.2) is 12.3 Å². The summed E-state index contributed by atoms with van der Waals surface area (Å²) in [7, 11) is 0. The summed E-state index contributed by atoms with van der Waals surface area (Å²) >= 11 is 0. The number of hydrogen-bond acceptors (Lipinski definition) is 2. The molecule has 13 heavy (non-hydrogen) atoms. The molecule has 0 saturated heterocycles. The number of aromatic nitrogens is 1. The van der Waals surface area contributed by atoms with Crippen molar-refractivity contribution in [2.75, 3.05) is 0 Å². The van der Waals surface area contributed by atoms with Crippen molar-refractivity contribution in [2.45, 2.75) is 34.1 Å². The van der Waals surface area contributed by atoms with E-state index in [0.717, 1.165) is 12.0 Å². The fourth-order valence-corrected chi connectivity index (χ4v) is 1.01. The van der Waals surface area contributed by atoms with Gasteiger partial charge in [0, 0.05) is 6.20 Å². The molecule has 2 nitrogen and oxygen atoms in total. The summed E-state index contributed by atoms with van der Waals surface area (Å²) in [6.45, 7) is 8.08. The molecule has 0 aliphatic rings. The van der Waals surface area contributed by atoms with E-state index in [2.05, 4.69) is 11.9 Å². The number of hydrogen-bond donors (Lipinski definition) is 0. The van der Waals surface area contributed by atoms with E-state index in [4.69, 9.17) is 5.26 Å². The lowest BCUT2D eigenvalue weighted by Crippen LogP contribution is -1.90. The second-order valence-electron chi connectivity index (χ2n) is 2.46. The Balaban J connectivity index is 0.000000671. The van der Waals surface area contributed by atoms with Gasteiger partial charge in [-0.15, -0.1) is 0 Å². The van der Waals surface area contributed by atoms with E-state index in [1.165, 1.54) is 5.56 Å². The molecule has 1 heterocycles. The van der Waals surface area contributed by atoms with Gasteiger partial charge < -0.3 is 0 Å². The molecule has 0 aliphatic heterocycles. The molecule has 1 aromatic rings. The summed E-state index contributed by atoms with van der Waals surface area (Å²) in [5.74, 6) is 0. The number of pyridine rings is 1. The van der Waals surface area contributed by atoms with Gasteiger partial charge in [-0.05, 0) is 30.5 Å². The standard InChI is InChI=1S/C9H10N2.C2H6/c1-3-8-4-9(5-10)11-6-7(8)2;1-2/h4,6H,3H2,1-2H3;1-2H3. The molecule has 0 aliphatic carbocycles. The van der Waals surface area contributed by atoms with Gasteiger partial charge in [-0.3, -0.25) is 0 Å². The van der Waals surface area contributed by atoms with Gasteiger partial charge in [-0.25, -0.2) is 4.98 Å². The molecule has 0 atom stereocenters. The van der Waals surface area contributed by atoms with Crippen LogP contribution in [0.1, 0.15) is 37.6 Å². The zero-order chi connectivity index (χ0) is 10.3. The molecule has 1 aromatic heterocycles. The molecule has 70 valence electrons. The number of nitrogens with zero attached hydrogens (tertiary/aromatic N) is 2. The highest BCUT2D eigenvalue weighted by Crippen LogP contribution is 2.07. The Hall–Kier alpha value is -1.36.